The monoisotopic (exact) mass is 434 g/mol. The Morgan fingerprint density at radius 2 is 1.76 bits per heavy atom. The van der Waals surface area contributed by atoms with E-state index in [-0.39, 0.29) is 18.1 Å². The van der Waals surface area contributed by atoms with Crippen molar-refractivity contribution >= 4 is 28.8 Å². The second-order valence-corrected chi connectivity index (χ2v) is 7.65. The van der Waals surface area contributed by atoms with Gasteiger partial charge in [0.05, 0.1) is 18.7 Å². The maximum Gasteiger partial charge on any atom is 0.228 e. The highest BCUT2D eigenvalue weighted by molar-refractivity contribution is 7.09. The fourth-order valence-electron chi connectivity index (χ4n) is 2.42. The van der Waals surface area contributed by atoms with Crippen molar-refractivity contribution in [1.29, 1.82) is 0 Å². The standard InChI is InChI=1S/C21H20ClFN2O3S/c1-25(10-11-27-18-8-4-16(23)5-9-18)21(26)12-17-14-29-20(24-17)13-28-19-6-2-15(22)3-7-19/h2-9,14H,10-13H2,1H3. The Morgan fingerprint density at radius 3 is 2.48 bits per heavy atom. The molecule has 0 saturated heterocycles. The van der Waals surface area contributed by atoms with E-state index < -0.39 is 0 Å². The summed E-state index contributed by atoms with van der Waals surface area (Å²) in [5, 5.41) is 3.31. The van der Waals surface area contributed by atoms with Gasteiger partial charge >= 0.3 is 0 Å². The Labute approximate surface area is 177 Å². The maximum absolute atomic E-state index is 12.9. The lowest BCUT2D eigenvalue weighted by atomic mass is 10.3. The minimum Gasteiger partial charge on any atom is -0.492 e. The van der Waals surface area contributed by atoms with Gasteiger partial charge in [-0.1, -0.05) is 11.6 Å². The molecule has 3 rings (SSSR count). The predicted molar refractivity (Wildman–Crippen MR) is 111 cm³/mol. The van der Waals surface area contributed by atoms with Gasteiger partial charge in [0.15, 0.2) is 0 Å². The SMILES string of the molecule is CN(CCOc1ccc(F)cc1)C(=O)Cc1csc(COc2ccc(Cl)cc2)n1. The van der Waals surface area contributed by atoms with Gasteiger partial charge in [-0.2, -0.15) is 0 Å². The molecule has 0 spiro atoms. The summed E-state index contributed by atoms with van der Waals surface area (Å²) in [4.78, 5) is 18.4. The molecule has 1 aromatic heterocycles. The number of hydrogen-bond donors (Lipinski definition) is 0. The summed E-state index contributed by atoms with van der Waals surface area (Å²) >= 11 is 7.31. The Bertz CT molecular complexity index is 932. The van der Waals surface area contributed by atoms with Crippen LogP contribution < -0.4 is 9.47 Å². The van der Waals surface area contributed by atoms with Crippen LogP contribution >= 0.6 is 22.9 Å². The Kier molecular flexibility index (Phi) is 7.43. The molecule has 0 unspecified atom stereocenters. The van der Waals surface area contributed by atoms with Crippen LogP contribution in [0.4, 0.5) is 4.39 Å². The third kappa shape index (κ3) is 6.73. The molecule has 152 valence electrons. The molecule has 0 bridgehead atoms. The molecular weight excluding hydrogens is 415 g/mol. The van der Waals surface area contributed by atoms with E-state index in [4.69, 9.17) is 21.1 Å². The van der Waals surface area contributed by atoms with E-state index in [9.17, 15) is 9.18 Å². The van der Waals surface area contributed by atoms with Gasteiger partial charge in [0, 0.05) is 17.5 Å². The van der Waals surface area contributed by atoms with Gasteiger partial charge < -0.3 is 14.4 Å². The molecule has 29 heavy (non-hydrogen) atoms. The van der Waals surface area contributed by atoms with Crippen molar-refractivity contribution in [2.75, 3.05) is 20.2 Å². The van der Waals surface area contributed by atoms with Crippen LogP contribution in [0.5, 0.6) is 11.5 Å². The van der Waals surface area contributed by atoms with Gasteiger partial charge in [-0.15, -0.1) is 11.3 Å². The molecule has 1 amide bonds. The molecule has 0 N–H and O–H groups in total. The summed E-state index contributed by atoms with van der Waals surface area (Å²) in [6.45, 7) is 1.08. The largest absolute Gasteiger partial charge is 0.492 e. The maximum atomic E-state index is 12.9. The third-order valence-electron chi connectivity index (χ3n) is 4.04. The van der Waals surface area contributed by atoms with E-state index in [1.54, 1.807) is 48.3 Å². The number of amides is 1. The van der Waals surface area contributed by atoms with Crippen molar-refractivity contribution in [2.24, 2.45) is 0 Å². The van der Waals surface area contributed by atoms with Crippen molar-refractivity contribution < 1.29 is 18.7 Å². The highest BCUT2D eigenvalue weighted by Gasteiger charge is 2.13. The molecule has 0 aliphatic carbocycles. The summed E-state index contributed by atoms with van der Waals surface area (Å²) < 4.78 is 24.1. The topological polar surface area (TPSA) is 51.7 Å². The van der Waals surface area contributed by atoms with E-state index in [1.165, 1.54) is 23.5 Å². The van der Waals surface area contributed by atoms with Crippen LogP contribution in [0, 0.1) is 5.82 Å². The molecule has 0 fully saturated rings. The van der Waals surface area contributed by atoms with Crippen LogP contribution in [-0.2, 0) is 17.8 Å². The molecule has 0 radical (unpaired) electrons. The van der Waals surface area contributed by atoms with Gasteiger partial charge in [-0.3, -0.25) is 4.79 Å². The first-order valence-corrected chi connectivity index (χ1v) is 10.2. The fourth-order valence-corrected chi connectivity index (χ4v) is 3.25. The molecule has 0 saturated carbocycles. The second kappa shape index (κ2) is 10.2. The first-order valence-electron chi connectivity index (χ1n) is 8.93. The van der Waals surface area contributed by atoms with Crippen molar-refractivity contribution in [1.82, 2.24) is 9.88 Å². The number of carbonyl (C=O) groups excluding carboxylic acids is 1. The number of hydrogen-bond acceptors (Lipinski definition) is 5. The zero-order valence-electron chi connectivity index (χ0n) is 15.8. The van der Waals surface area contributed by atoms with Gasteiger partial charge in [-0.25, -0.2) is 9.37 Å². The van der Waals surface area contributed by atoms with Crippen LogP contribution in [0.2, 0.25) is 5.02 Å². The number of aromatic nitrogens is 1. The molecule has 5 nitrogen and oxygen atoms in total. The van der Waals surface area contributed by atoms with Gasteiger partial charge in [0.2, 0.25) is 5.91 Å². The number of halogens is 2. The number of thiazole rings is 1. The Morgan fingerprint density at radius 1 is 1.10 bits per heavy atom. The first kappa shape index (κ1) is 21.1. The molecule has 0 atom stereocenters. The lowest BCUT2D eigenvalue weighted by molar-refractivity contribution is -0.129. The van der Waals surface area contributed by atoms with Crippen molar-refractivity contribution in [3.63, 3.8) is 0 Å². The number of likely N-dealkylation sites (N-methyl/N-ethyl adjacent to an activating group) is 1. The smallest absolute Gasteiger partial charge is 0.228 e. The number of carbonyl (C=O) groups is 1. The Balaban J connectivity index is 1.41. The summed E-state index contributed by atoms with van der Waals surface area (Å²) in [5.74, 6) is 0.911. The minimum absolute atomic E-state index is 0.0526. The van der Waals surface area contributed by atoms with Crippen LogP contribution in [-0.4, -0.2) is 36.0 Å². The highest BCUT2D eigenvalue weighted by atomic mass is 35.5. The minimum atomic E-state index is -0.314. The highest BCUT2D eigenvalue weighted by Crippen LogP contribution is 2.18. The molecule has 8 heteroatoms. The summed E-state index contributed by atoms with van der Waals surface area (Å²) in [6.07, 6.45) is 0.213. The average Bonchev–Trinajstić information content (AvgIpc) is 3.16. The van der Waals surface area contributed by atoms with Crippen molar-refractivity contribution in [3.8, 4) is 11.5 Å². The quantitative estimate of drug-likeness (QED) is 0.494. The zero-order valence-corrected chi connectivity index (χ0v) is 17.4. The zero-order chi connectivity index (χ0) is 20.6. The summed E-state index contributed by atoms with van der Waals surface area (Å²) in [5.41, 5.74) is 0.709. The fraction of sp³-hybridized carbons (Fsp3) is 0.238. The Hall–Kier alpha value is -2.64. The van der Waals surface area contributed by atoms with E-state index in [2.05, 4.69) is 4.98 Å². The molecule has 0 aliphatic rings. The normalized spacial score (nSPS) is 10.6. The average molecular weight is 435 g/mol. The molecular formula is C21H20ClFN2O3S. The van der Waals surface area contributed by atoms with Crippen LogP contribution in [0.25, 0.3) is 0 Å². The number of nitrogens with zero attached hydrogens (tertiary/aromatic N) is 2. The van der Waals surface area contributed by atoms with E-state index >= 15 is 0 Å². The predicted octanol–water partition coefficient (Wildman–Crippen LogP) is 4.59. The lowest BCUT2D eigenvalue weighted by Crippen LogP contribution is -2.32. The third-order valence-corrected chi connectivity index (χ3v) is 5.17. The van der Waals surface area contributed by atoms with Crippen LogP contribution in [0.1, 0.15) is 10.7 Å². The van der Waals surface area contributed by atoms with Crippen LogP contribution in [0.3, 0.4) is 0 Å². The first-order chi connectivity index (χ1) is 14.0. The van der Waals surface area contributed by atoms with Crippen molar-refractivity contribution in [3.05, 3.63) is 75.5 Å². The van der Waals surface area contributed by atoms with E-state index in [0.717, 1.165) is 5.01 Å². The summed E-state index contributed by atoms with van der Waals surface area (Å²) in [7, 11) is 1.72. The number of rotatable bonds is 9. The lowest BCUT2D eigenvalue weighted by Gasteiger charge is -2.17. The van der Waals surface area contributed by atoms with E-state index in [1.807, 2.05) is 5.38 Å². The molecule has 0 aliphatic heterocycles. The number of benzene rings is 2. The summed E-state index contributed by atoms with van der Waals surface area (Å²) in [6, 6.07) is 12.9. The van der Waals surface area contributed by atoms with E-state index in [0.29, 0.717) is 42.0 Å². The van der Waals surface area contributed by atoms with Crippen LogP contribution in [0.15, 0.2) is 53.9 Å². The molecule has 3 aromatic rings. The molecule has 1 heterocycles. The van der Waals surface area contributed by atoms with Gasteiger partial charge in [0.25, 0.3) is 0 Å². The van der Waals surface area contributed by atoms with Gasteiger partial charge in [-0.05, 0) is 48.5 Å². The second-order valence-electron chi connectivity index (χ2n) is 6.27. The van der Waals surface area contributed by atoms with Gasteiger partial charge in [0.1, 0.15) is 35.5 Å². The van der Waals surface area contributed by atoms with Crippen molar-refractivity contribution in [2.45, 2.75) is 13.0 Å². The molecule has 2 aromatic carbocycles. The number of ether oxygens (including phenoxy) is 2.